The van der Waals surface area contributed by atoms with E-state index in [2.05, 4.69) is 53.9 Å². The van der Waals surface area contributed by atoms with Crippen LogP contribution in [0.25, 0.3) is 0 Å². The van der Waals surface area contributed by atoms with E-state index in [0.29, 0.717) is 0 Å². The molecule has 0 fully saturated rings. The van der Waals surface area contributed by atoms with E-state index >= 15 is 0 Å². The number of benzene rings is 3. The molecule has 5 nitrogen and oxygen atoms in total. The van der Waals surface area contributed by atoms with Crippen LogP contribution >= 0.6 is 22.6 Å². The lowest BCUT2D eigenvalue weighted by Crippen LogP contribution is -2.09. The molecule has 1 N–H and O–H groups in total. The molecule has 0 atom stereocenters. The van der Waals surface area contributed by atoms with Crippen molar-refractivity contribution >= 4 is 22.6 Å². The Bertz CT molecular complexity index is 952. The average molecular weight is 563 g/mol. The summed E-state index contributed by atoms with van der Waals surface area (Å²) in [7, 11) is 6.69. The van der Waals surface area contributed by atoms with Crippen LogP contribution in [0.1, 0.15) is 36.5 Å². The summed E-state index contributed by atoms with van der Waals surface area (Å²) in [5, 5.41) is 3.11. The molecule has 3 aromatic carbocycles. The molecule has 33 heavy (non-hydrogen) atoms. The molecule has 0 aliphatic rings. The third-order valence-corrected chi connectivity index (χ3v) is 6.19. The van der Waals surface area contributed by atoms with Gasteiger partial charge in [-0.1, -0.05) is 32.0 Å². The predicted molar refractivity (Wildman–Crippen MR) is 143 cm³/mol. The summed E-state index contributed by atoms with van der Waals surface area (Å²) in [4.78, 5) is 0. The summed E-state index contributed by atoms with van der Waals surface area (Å²) in [6.07, 6.45) is 0. The van der Waals surface area contributed by atoms with Gasteiger partial charge >= 0.3 is 0 Å². The molecular formula is C27H34INO4. The van der Waals surface area contributed by atoms with Crippen molar-refractivity contribution in [2.45, 2.75) is 19.8 Å². The molecule has 6 heteroatoms. The summed E-state index contributed by atoms with van der Waals surface area (Å²) in [5.74, 6) is 3.00. The van der Waals surface area contributed by atoms with E-state index in [1.807, 2.05) is 48.5 Å². The smallest absolute Gasteiger partial charge is 0.123 e. The number of methoxy groups -OCH3 is 4. The van der Waals surface area contributed by atoms with Crippen LogP contribution in [0.3, 0.4) is 0 Å². The molecule has 0 aliphatic carbocycles. The predicted octanol–water partition coefficient (Wildman–Crippen LogP) is 6.12. The molecule has 0 heterocycles. The fourth-order valence-corrected chi connectivity index (χ4v) is 4.29. The highest BCUT2D eigenvalue weighted by molar-refractivity contribution is 14.1. The maximum atomic E-state index is 5.71. The summed E-state index contributed by atoms with van der Waals surface area (Å²) in [6, 6.07) is 20.0. The molecule has 0 saturated carbocycles. The van der Waals surface area contributed by atoms with E-state index in [1.165, 1.54) is 0 Å². The Morgan fingerprint density at radius 1 is 0.667 bits per heavy atom. The van der Waals surface area contributed by atoms with E-state index in [0.717, 1.165) is 56.3 Å². The van der Waals surface area contributed by atoms with Gasteiger partial charge in [0.2, 0.25) is 0 Å². The maximum Gasteiger partial charge on any atom is 0.123 e. The normalized spacial score (nSPS) is 10.3. The van der Waals surface area contributed by atoms with Gasteiger partial charge in [0.25, 0.3) is 0 Å². The molecule has 0 amide bonds. The highest BCUT2D eigenvalue weighted by Crippen LogP contribution is 2.44. The number of hydrogen-bond acceptors (Lipinski definition) is 5. The Hall–Kier alpha value is -2.45. The highest BCUT2D eigenvalue weighted by Gasteiger charge is 2.26. The first-order chi connectivity index (χ1) is 16.0. The average Bonchev–Trinajstić information content (AvgIpc) is 2.86. The standard InChI is InChI=1S/C23H23IO4.C4H11N/c1-25-15-9-11-21(27-3)18(13-15)23(17-7-5-6-8-20(17)24)19-14-16(26-2)10-12-22(19)28-4;1-3-5-4-2/h5-14,23H,1-4H3;5H,3-4H2,1-2H3. The van der Waals surface area contributed by atoms with Crippen molar-refractivity contribution in [1.82, 2.24) is 5.32 Å². The Labute approximate surface area is 211 Å². The second kappa shape index (κ2) is 14.0. The lowest BCUT2D eigenvalue weighted by atomic mass is 9.84. The maximum absolute atomic E-state index is 5.71. The monoisotopic (exact) mass is 563 g/mol. The molecule has 0 unspecified atom stereocenters. The second-order valence-electron chi connectivity index (χ2n) is 7.13. The SMILES string of the molecule is CCNCC.COc1ccc(OC)c(C(c2ccccc2I)c2cc(OC)ccc2OC)c1. The van der Waals surface area contributed by atoms with Crippen LogP contribution in [0.15, 0.2) is 60.7 Å². The zero-order valence-corrected chi connectivity index (χ0v) is 22.4. The molecule has 3 aromatic rings. The van der Waals surface area contributed by atoms with E-state index in [-0.39, 0.29) is 5.92 Å². The Morgan fingerprint density at radius 2 is 1.15 bits per heavy atom. The van der Waals surface area contributed by atoms with Gasteiger partial charge in [-0.25, -0.2) is 0 Å². The van der Waals surface area contributed by atoms with Crippen LogP contribution in [-0.2, 0) is 0 Å². The third-order valence-electron chi connectivity index (χ3n) is 5.21. The first-order valence-electron chi connectivity index (χ1n) is 10.9. The van der Waals surface area contributed by atoms with Crippen LogP contribution in [0.2, 0.25) is 0 Å². The largest absolute Gasteiger partial charge is 0.497 e. The van der Waals surface area contributed by atoms with Crippen molar-refractivity contribution in [3.63, 3.8) is 0 Å². The van der Waals surface area contributed by atoms with Gasteiger partial charge in [0.15, 0.2) is 0 Å². The van der Waals surface area contributed by atoms with Crippen LogP contribution in [0.5, 0.6) is 23.0 Å². The van der Waals surface area contributed by atoms with Gasteiger partial charge in [0, 0.05) is 20.6 Å². The molecule has 0 saturated heterocycles. The van der Waals surface area contributed by atoms with Crippen molar-refractivity contribution in [2.75, 3.05) is 41.5 Å². The number of rotatable bonds is 9. The molecule has 3 rings (SSSR count). The summed E-state index contributed by atoms with van der Waals surface area (Å²) < 4.78 is 23.6. The lowest BCUT2D eigenvalue weighted by Gasteiger charge is -2.25. The Kier molecular flexibility index (Phi) is 11.3. The van der Waals surface area contributed by atoms with Gasteiger partial charge in [-0.05, 0) is 83.7 Å². The van der Waals surface area contributed by atoms with Crippen molar-refractivity contribution in [2.24, 2.45) is 0 Å². The molecule has 0 aromatic heterocycles. The third kappa shape index (κ3) is 7.01. The van der Waals surface area contributed by atoms with E-state index < -0.39 is 0 Å². The van der Waals surface area contributed by atoms with Crippen molar-refractivity contribution in [3.05, 3.63) is 80.9 Å². The molecular weight excluding hydrogens is 529 g/mol. The van der Waals surface area contributed by atoms with Gasteiger partial charge < -0.3 is 24.3 Å². The summed E-state index contributed by atoms with van der Waals surface area (Å²) in [5.41, 5.74) is 3.15. The van der Waals surface area contributed by atoms with Crippen LogP contribution < -0.4 is 24.3 Å². The molecule has 0 bridgehead atoms. The van der Waals surface area contributed by atoms with Crippen LogP contribution in [0.4, 0.5) is 0 Å². The molecule has 0 aliphatic heterocycles. The lowest BCUT2D eigenvalue weighted by molar-refractivity contribution is 0.392. The molecule has 0 spiro atoms. The van der Waals surface area contributed by atoms with Gasteiger partial charge in [-0.2, -0.15) is 0 Å². The summed E-state index contributed by atoms with van der Waals surface area (Å²) in [6.45, 7) is 6.39. The fourth-order valence-electron chi connectivity index (χ4n) is 3.59. The van der Waals surface area contributed by atoms with Gasteiger partial charge in [0.05, 0.1) is 28.4 Å². The van der Waals surface area contributed by atoms with Gasteiger partial charge in [0.1, 0.15) is 23.0 Å². The van der Waals surface area contributed by atoms with E-state index in [1.54, 1.807) is 28.4 Å². The number of hydrogen-bond donors (Lipinski definition) is 1. The van der Waals surface area contributed by atoms with E-state index in [9.17, 15) is 0 Å². The topological polar surface area (TPSA) is 49.0 Å². The number of nitrogens with one attached hydrogen (secondary N) is 1. The zero-order valence-electron chi connectivity index (χ0n) is 20.3. The minimum atomic E-state index is -0.122. The molecule has 0 radical (unpaired) electrons. The van der Waals surface area contributed by atoms with E-state index in [4.69, 9.17) is 18.9 Å². The van der Waals surface area contributed by atoms with Crippen LogP contribution in [-0.4, -0.2) is 41.5 Å². The van der Waals surface area contributed by atoms with Crippen molar-refractivity contribution in [1.29, 1.82) is 0 Å². The van der Waals surface area contributed by atoms with Crippen molar-refractivity contribution < 1.29 is 18.9 Å². The summed E-state index contributed by atoms with van der Waals surface area (Å²) >= 11 is 2.37. The first kappa shape index (κ1) is 26.8. The highest BCUT2D eigenvalue weighted by atomic mass is 127. The zero-order chi connectivity index (χ0) is 24.2. The quantitative estimate of drug-likeness (QED) is 0.251. The first-order valence-corrected chi connectivity index (χ1v) is 12.0. The van der Waals surface area contributed by atoms with Gasteiger partial charge in [-0.15, -0.1) is 0 Å². The molecule has 178 valence electrons. The second-order valence-corrected chi connectivity index (χ2v) is 8.29. The van der Waals surface area contributed by atoms with Gasteiger partial charge in [-0.3, -0.25) is 0 Å². The number of halogens is 1. The Balaban J connectivity index is 0.000000696. The number of ether oxygens (including phenoxy) is 4. The minimum absolute atomic E-state index is 0.122. The Morgan fingerprint density at radius 3 is 1.52 bits per heavy atom. The minimum Gasteiger partial charge on any atom is -0.497 e. The fraction of sp³-hybridized carbons (Fsp3) is 0.333. The van der Waals surface area contributed by atoms with Crippen molar-refractivity contribution in [3.8, 4) is 23.0 Å². The van der Waals surface area contributed by atoms with Crippen LogP contribution in [0, 0.1) is 3.57 Å².